The summed E-state index contributed by atoms with van der Waals surface area (Å²) in [7, 11) is 0. The van der Waals surface area contributed by atoms with Crippen molar-refractivity contribution in [2.45, 2.75) is 58.4 Å². The van der Waals surface area contributed by atoms with Gasteiger partial charge in [-0.3, -0.25) is 9.69 Å². The van der Waals surface area contributed by atoms with Crippen molar-refractivity contribution in [1.82, 2.24) is 19.8 Å². The van der Waals surface area contributed by atoms with Gasteiger partial charge in [0.05, 0.1) is 5.92 Å². The van der Waals surface area contributed by atoms with Crippen LogP contribution in [0.25, 0.3) is 0 Å². The van der Waals surface area contributed by atoms with E-state index >= 15 is 0 Å². The fourth-order valence-corrected chi connectivity index (χ4v) is 5.05. The van der Waals surface area contributed by atoms with Crippen LogP contribution in [-0.2, 0) is 4.79 Å². The second-order valence-corrected chi connectivity index (χ2v) is 8.49. The van der Waals surface area contributed by atoms with Crippen molar-refractivity contribution in [3.63, 3.8) is 0 Å². The van der Waals surface area contributed by atoms with Gasteiger partial charge in [-0.15, -0.1) is 0 Å². The number of hydrogen-bond donors (Lipinski definition) is 0. The normalized spacial score (nSPS) is 25.2. The maximum absolute atomic E-state index is 13.1. The van der Waals surface area contributed by atoms with Crippen molar-refractivity contribution >= 4 is 11.7 Å². The number of rotatable bonds is 3. The zero-order chi connectivity index (χ0) is 18.8. The number of nitrogens with zero attached hydrogens (tertiary/aromatic N) is 5. The minimum absolute atomic E-state index is 0.203. The number of aromatic nitrogens is 2. The number of likely N-dealkylation sites (tertiary alicyclic amines) is 1. The lowest BCUT2D eigenvalue weighted by molar-refractivity contribution is -0.138. The maximum atomic E-state index is 13.1. The highest BCUT2D eigenvalue weighted by Gasteiger charge is 2.34. The Hall–Kier alpha value is -1.69. The second-order valence-electron chi connectivity index (χ2n) is 8.49. The van der Waals surface area contributed by atoms with Gasteiger partial charge in [-0.2, -0.15) is 0 Å². The summed E-state index contributed by atoms with van der Waals surface area (Å²) in [6.45, 7) is 9.62. The average molecular weight is 372 g/mol. The van der Waals surface area contributed by atoms with Gasteiger partial charge < -0.3 is 9.80 Å². The fourth-order valence-electron chi connectivity index (χ4n) is 5.05. The van der Waals surface area contributed by atoms with Crippen LogP contribution >= 0.6 is 0 Å². The van der Waals surface area contributed by atoms with Crippen molar-refractivity contribution in [2.24, 2.45) is 5.92 Å². The van der Waals surface area contributed by atoms with Crippen LogP contribution in [0, 0.1) is 19.8 Å². The molecule has 27 heavy (non-hydrogen) atoms. The van der Waals surface area contributed by atoms with Crippen LogP contribution in [0.4, 0.5) is 5.82 Å². The summed E-state index contributed by atoms with van der Waals surface area (Å²) in [6, 6.07) is 0.737. The van der Waals surface area contributed by atoms with Crippen molar-refractivity contribution < 1.29 is 4.79 Å². The lowest BCUT2D eigenvalue weighted by Gasteiger charge is -2.41. The average Bonchev–Trinajstić information content (AvgIpc) is 3.25. The molecule has 3 aliphatic rings. The number of amides is 1. The lowest BCUT2D eigenvalue weighted by atomic mass is 9.94. The van der Waals surface area contributed by atoms with Crippen LogP contribution in [0.15, 0.2) is 6.33 Å². The number of hydrogen-bond acceptors (Lipinski definition) is 5. The molecule has 0 unspecified atom stereocenters. The van der Waals surface area contributed by atoms with Crippen LogP contribution in [0.3, 0.4) is 0 Å². The summed E-state index contributed by atoms with van der Waals surface area (Å²) in [6.07, 6.45) is 9.27. The van der Waals surface area contributed by atoms with Gasteiger partial charge in [0.1, 0.15) is 12.1 Å². The number of piperazine rings is 1. The first-order chi connectivity index (χ1) is 13.1. The van der Waals surface area contributed by atoms with Gasteiger partial charge in [0.15, 0.2) is 0 Å². The minimum Gasteiger partial charge on any atom is -0.353 e. The molecular formula is C21H33N5O. The largest absolute Gasteiger partial charge is 0.353 e. The SMILES string of the molecule is Cc1ncnc(N2CCN(C(=O)[C@@H]3CCCN(C4CCCC4)C3)CC2)c1C. The third kappa shape index (κ3) is 3.96. The van der Waals surface area contributed by atoms with Crippen LogP contribution in [0.2, 0.25) is 0 Å². The molecule has 3 fully saturated rings. The molecule has 1 aromatic heterocycles. The third-order valence-corrected chi connectivity index (χ3v) is 6.84. The quantitative estimate of drug-likeness (QED) is 0.817. The van der Waals surface area contributed by atoms with Gasteiger partial charge in [-0.1, -0.05) is 12.8 Å². The number of piperidine rings is 1. The molecule has 1 aromatic rings. The van der Waals surface area contributed by atoms with Crippen LogP contribution in [-0.4, -0.2) is 71.0 Å². The van der Waals surface area contributed by atoms with Gasteiger partial charge in [0.25, 0.3) is 0 Å². The predicted molar refractivity (Wildman–Crippen MR) is 107 cm³/mol. The van der Waals surface area contributed by atoms with Gasteiger partial charge in [0, 0.05) is 50.0 Å². The van der Waals surface area contributed by atoms with E-state index in [1.54, 1.807) is 6.33 Å². The van der Waals surface area contributed by atoms with E-state index in [1.165, 1.54) is 38.6 Å². The molecule has 0 spiro atoms. The van der Waals surface area contributed by atoms with E-state index in [0.29, 0.717) is 5.91 Å². The Morgan fingerprint density at radius 3 is 2.44 bits per heavy atom. The zero-order valence-corrected chi connectivity index (χ0v) is 16.9. The first-order valence-electron chi connectivity index (χ1n) is 10.7. The minimum atomic E-state index is 0.203. The topological polar surface area (TPSA) is 52.6 Å². The molecular weight excluding hydrogens is 338 g/mol. The molecule has 4 rings (SSSR count). The highest BCUT2D eigenvalue weighted by molar-refractivity contribution is 5.79. The van der Waals surface area contributed by atoms with Crippen molar-refractivity contribution in [3.05, 3.63) is 17.6 Å². The second kappa shape index (κ2) is 8.13. The standard InChI is InChI=1S/C21H33N5O/c1-16-17(2)22-15-23-20(16)24-10-12-25(13-11-24)21(27)18-6-5-9-26(14-18)19-7-3-4-8-19/h15,18-19H,3-14H2,1-2H3/t18-/m1/s1. The Balaban J connectivity index is 1.33. The third-order valence-electron chi connectivity index (χ3n) is 6.84. The van der Waals surface area contributed by atoms with E-state index in [1.807, 2.05) is 6.92 Å². The Morgan fingerprint density at radius 1 is 0.963 bits per heavy atom. The van der Waals surface area contributed by atoms with E-state index in [4.69, 9.17) is 0 Å². The van der Waals surface area contributed by atoms with E-state index in [9.17, 15) is 4.79 Å². The summed E-state index contributed by atoms with van der Waals surface area (Å²) >= 11 is 0. The van der Waals surface area contributed by atoms with E-state index in [-0.39, 0.29) is 5.92 Å². The van der Waals surface area contributed by atoms with Crippen molar-refractivity contribution in [3.8, 4) is 0 Å². The summed E-state index contributed by atoms with van der Waals surface area (Å²) in [5, 5.41) is 0. The fraction of sp³-hybridized carbons (Fsp3) is 0.762. The number of carbonyl (C=O) groups excluding carboxylic acids is 1. The first-order valence-corrected chi connectivity index (χ1v) is 10.7. The van der Waals surface area contributed by atoms with E-state index in [0.717, 1.165) is 62.3 Å². The van der Waals surface area contributed by atoms with Crippen molar-refractivity contribution in [2.75, 3.05) is 44.2 Å². The number of anilines is 1. The summed E-state index contributed by atoms with van der Waals surface area (Å²) in [5.74, 6) is 1.61. The molecule has 1 atom stereocenters. The molecule has 148 valence electrons. The van der Waals surface area contributed by atoms with Crippen molar-refractivity contribution in [1.29, 1.82) is 0 Å². The van der Waals surface area contributed by atoms with Crippen LogP contribution in [0.1, 0.15) is 49.8 Å². The molecule has 0 radical (unpaired) electrons. The van der Waals surface area contributed by atoms with Gasteiger partial charge in [0.2, 0.25) is 5.91 Å². The molecule has 2 aliphatic heterocycles. The van der Waals surface area contributed by atoms with Crippen LogP contribution < -0.4 is 4.90 Å². The Kier molecular flexibility index (Phi) is 5.62. The number of aryl methyl sites for hydroxylation is 1. The first kappa shape index (κ1) is 18.7. The lowest BCUT2D eigenvalue weighted by Crippen LogP contribution is -2.53. The van der Waals surface area contributed by atoms with E-state index < -0.39 is 0 Å². The Labute approximate surface area is 162 Å². The highest BCUT2D eigenvalue weighted by atomic mass is 16.2. The molecule has 0 aromatic carbocycles. The summed E-state index contributed by atoms with van der Waals surface area (Å²) in [4.78, 5) is 28.9. The van der Waals surface area contributed by atoms with Gasteiger partial charge in [-0.25, -0.2) is 9.97 Å². The maximum Gasteiger partial charge on any atom is 0.227 e. The molecule has 2 saturated heterocycles. The molecule has 0 bridgehead atoms. The summed E-state index contributed by atoms with van der Waals surface area (Å²) < 4.78 is 0. The molecule has 1 aliphatic carbocycles. The molecule has 1 amide bonds. The Bertz CT molecular complexity index is 665. The molecule has 6 nitrogen and oxygen atoms in total. The van der Waals surface area contributed by atoms with Gasteiger partial charge >= 0.3 is 0 Å². The molecule has 3 heterocycles. The predicted octanol–water partition coefficient (Wildman–Crippen LogP) is 2.40. The molecule has 6 heteroatoms. The monoisotopic (exact) mass is 371 g/mol. The van der Waals surface area contributed by atoms with Gasteiger partial charge in [-0.05, 0) is 46.1 Å². The van der Waals surface area contributed by atoms with E-state index in [2.05, 4.69) is 31.6 Å². The smallest absolute Gasteiger partial charge is 0.227 e. The highest BCUT2D eigenvalue weighted by Crippen LogP contribution is 2.29. The zero-order valence-electron chi connectivity index (χ0n) is 16.9. The molecule has 1 saturated carbocycles. The Morgan fingerprint density at radius 2 is 1.70 bits per heavy atom. The number of carbonyl (C=O) groups is 1. The summed E-state index contributed by atoms with van der Waals surface area (Å²) in [5.41, 5.74) is 2.18. The van der Waals surface area contributed by atoms with Crippen LogP contribution in [0.5, 0.6) is 0 Å². The molecule has 0 N–H and O–H groups in total.